The van der Waals surface area contributed by atoms with Gasteiger partial charge in [0.2, 0.25) is 0 Å². The molecule has 1 aromatic rings. The van der Waals surface area contributed by atoms with E-state index in [1.54, 1.807) is 12.1 Å². The third-order valence-corrected chi connectivity index (χ3v) is 4.45. The summed E-state index contributed by atoms with van der Waals surface area (Å²) < 4.78 is 33.5. The van der Waals surface area contributed by atoms with E-state index in [-0.39, 0.29) is 10.3 Å². The number of aryl methyl sites for hydroxylation is 1. The first-order valence-corrected chi connectivity index (χ1v) is 6.79. The summed E-state index contributed by atoms with van der Waals surface area (Å²) in [7, 11) is -2.48. The Morgan fingerprint density at radius 1 is 1.35 bits per heavy atom. The van der Waals surface area contributed by atoms with Gasteiger partial charge in [-0.25, -0.2) is 0 Å². The lowest BCUT2D eigenvalue weighted by atomic mass is 9.80. The van der Waals surface area contributed by atoms with Gasteiger partial charge in [-0.1, -0.05) is 24.6 Å². The molecule has 1 aliphatic heterocycles. The van der Waals surface area contributed by atoms with Gasteiger partial charge in [0.1, 0.15) is 0 Å². The SMILES string of the molecule is COS(=O)(=O)c1ccc(C)cc1C1(C)COC1. The van der Waals surface area contributed by atoms with Crippen LogP contribution in [0.3, 0.4) is 0 Å². The average Bonchev–Trinajstić information content (AvgIpc) is 2.25. The fraction of sp³-hybridized carbons (Fsp3) is 0.500. The Kier molecular flexibility index (Phi) is 3.01. The van der Waals surface area contributed by atoms with Crippen molar-refractivity contribution in [2.75, 3.05) is 20.3 Å². The normalized spacial score (nSPS) is 18.8. The molecule has 1 aromatic carbocycles. The summed E-state index contributed by atoms with van der Waals surface area (Å²) in [6.45, 7) is 5.03. The number of ether oxygens (including phenoxy) is 1. The lowest BCUT2D eigenvalue weighted by Gasteiger charge is -2.39. The van der Waals surface area contributed by atoms with E-state index in [0.29, 0.717) is 13.2 Å². The minimum absolute atomic E-state index is 0.229. The third-order valence-electron chi connectivity index (χ3n) is 3.12. The van der Waals surface area contributed by atoms with Gasteiger partial charge in [0, 0.05) is 5.41 Å². The predicted molar refractivity (Wildman–Crippen MR) is 63.5 cm³/mol. The molecule has 2 rings (SSSR count). The van der Waals surface area contributed by atoms with E-state index < -0.39 is 10.1 Å². The standard InChI is InChI=1S/C12H16O4S/c1-9-4-5-11(17(13,14)15-3)10(6-9)12(2)7-16-8-12/h4-6H,7-8H2,1-3H3. The molecule has 1 fully saturated rings. The van der Waals surface area contributed by atoms with Gasteiger partial charge in [0.05, 0.1) is 25.2 Å². The molecular weight excluding hydrogens is 240 g/mol. The summed E-state index contributed by atoms with van der Waals surface area (Å²) in [5.74, 6) is 0. The van der Waals surface area contributed by atoms with E-state index in [0.717, 1.165) is 11.1 Å². The Hall–Kier alpha value is -0.910. The highest BCUT2D eigenvalue weighted by molar-refractivity contribution is 7.86. The van der Waals surface area contributed by atoms with Crippen LogP contribution in [0.1, 0.15) is 18.1 Å². The van der Waals surface area contributed by atoms with Gasteiger partial charge in [-0.05, 0) is 18.6 Å². The monoisotopic (exact) mass is 256 g/mol. The highest BCUT2D eigenvalue weighted by Crippen LogP contribution is 2.36. The summed E-state index contributed by atoms with van der Waals surface area (Å²) in [5, 5.41) is 0. The van der Waals surface area contributed by atoms with E-state index >= 15 is 0 Å². The molecule has 1 heterocycles. The van der Waals surface area contributed by atoms with Gasteiger partial charge in [-0.2, -0.15) is 8.42 Å². The van der Waals surface area contributed by atoms with Gasteiger partial charge in [0.15, 0.2) is 0 Å². The molecule has 0 unspecified atom stereocenters. The molecule has 1 saturated heterocycles. The number of hydrogen-bond donors (Lipinski definition) is 0. The van der Waals surface area contributed by atoms with Crippen molar-refractivity contribution in [1.29, 1.82) is 0 Å². The molecule has 0 aliphatic carbocycles. The third kappa shape index (κ3) is 2.10. The van der Waals surface area contributed by atoms with Gasteiger partial charge >= 0.3 is 0 Å². The second-order valence-electron chi connectivity index (χ2n) is 4.67. The molecule has 0 bridgehead atoms. The van der Waals surface area contributed by atoms with Crippen molar-refractivity contribution in [3.05, 3.63) is 29.3 Å². The summed E-state index contributed by atoms with van der Waals surface area (Å²) in [6.07, 6.45) is 0. The molecule has 94 valence electrons. The van der Waals surface area contributed by atoms with E-state index in [9.17, 15) is 8.42 Å². The maximum Gasteiger partial charge on any atom is 0.297 e. The summed E-state index contributed by atoms with van der Waals surface area (Å²) in [5.41, 5.74) is 1.58. The quantitative estimate of drug-likeness (QED) is 0.771. The zero-order chi connectivity index (χ0) is 12.7. The highest BCUT2D eigenvalue weighted by atomic mass is 32.2. The smallest absolute Gasteiger partial charge is 0.297 e. The lowest BCUT2D eigenvalue weighted by Crippen LogP contribution is -2.44. The van der Waals surface area contributed by atoms with E-state index in [4.69, 9.17) is 4.74 Å². The molecular formula is C12H16O4S. The second kappa shape index (κ2) is 4.08. The fourth-order valence-electron chi connectivity index (χ4n) is 1.99. The van der Waals surface area contributed by atoms with Gasteiger partial charge in [0.25, 0.3) is 10.1 Å². The van der Waals surface area contributed by atoms with Crippen molar-refractivity contribution >= 4 is 10.1 Å². The molecule has 0 atom stereocenters. The summed E-state index contributed by atoms with van der Waals surface area (Å²) in [6, 6.07) is 5.28. The Morgan fingerprint density at radius 3 is 2.47 bits per heavy atom. The topological polar surface area (TPSA) is 52.6 Å². The maximum atomic E-state index is 11.9. The Bertz CT molecular complexity index is 529. The van der Waals surface area contributed by atoms with Crippen molar-refractivity contribution in [3.63, 3.8) is 0 Å². The molecule has 5 heteroatoms. The molecule has 0 spiro atoms. The minimum Gasteiger partial charge on any atom is -0.379 e. The zero-order valence-corrected chi connectivity index (χ0v) is 11.0. The van der Waals surface area contributed by atoms with Crippen molar-refractivity contribution in [3.8, 4) is 0 Å². The molecule has 0 aromatic heterocycles. The van der Waals surface area contributed by atoms with Crippen molar-refractivity contribution in [2.45, 2.75) is 24.2 Å². The second-order valence-corrected chi connectivity index (χ2v) is 6.36. The van der Waals surface area contributed by atoms with Crippen LogP contribution >= 0.6 is 0 Å². The van der Waals surface area contributed by atoms with Crippen LogP contribution in [0.2, 0.25) is 0 Å². The maximum absolute atomic E-state index is 11.9. The molecule has 17 heavy (non-hydrogen) atoms. The van der Waals surface area contributed by atoms with Crippen LogP contribution in [0.15, 0.2) is 23.1 Å². The first-order chi connectivity index (χ1) is 7.89. The first kappa shape index (κ1) is 12.5. The molecule has 0 radical (unpaired) electrons. The van der Waals surface area contributed by atoms with Crippen LogP contribution in [-0.2, 0) is 24.5 Å². The molecule has 0 amide bonds. The van der Waals surface area contributed by atoms with Crippen molar-refractivity contribution in [2.24, 2.45) is 0 Å². The lowest BCUT2D eigenvalue weighted by molar-refractivity contribution is -0.0514. The summed E-state index contributed by atoms with van der Waals surface area (Å²) in [4.78, 5) is 0.247. The van der Waals surface area contributed by atoms with E-state index in [2.05, 4.69) is 4.18 Å². The first-order valence-electron chi connectivity index (χ1n) is 5.38. The van der Waals surface area contributed by atoms with Crippen LogP contribution in [0, 0.1) is 6.92 Å². The molecule has 4 nitrogen and oxygen atoms in total. The Morgan fingerprint density at radius 2 is 2.00 bits per heavy atom. The minimum atomic E-state index is -3.66. The van der Waals surface area contributed by atoms with Crippen LogP contribution in [0.5, 0.6) is 0 Å². The molecule has 0 N–H and O–H groups in total. The van der Waals surface area contributed by atoms with Crippen LogP contribution < -0.4 is 0 Å². The van der Waals surface area contributed by atoms with Gasteiger partial charge in [-0.3, -0.25) is 4.18 Å². The van der Waals surface area contributed by atoms with E-state index in [1.165, 1.54) is 7.11 Å². The van der Waals surface area contributed by atoms with Crippen LogP contribution in [-0.4, -0.2) is 28.7 Å². The van der Waals surface area contributed by atoms with Crippen molar-refractivity contribution < 1.29 is 17.3 Å². The summed E-state index contributed by atoms with van der Waals surface area (Å²) >= 11 is 0. The Balaban J connectivity index is 2.60. The number of rotatable bonds is 3. The van der Waals surface area contributed by atoms with Gasteiger partial charge < -0.3 is 4.74 Å². The number of hydrogen-bond acceptors (Lipinski definition) is 4. The fourth-order valence-corrected chi connectivity index (χ4v) is 2.98. The number of benzene rings is 1. The van der Waals surface area contributed by atoms with Gasteiger partial charge in [-0.15, -0.1) is 0 Å². The Labute approximate surface area is 102 Å². The molecule has 1 aliphatic rings. The van der Waals surface area contributed by atoms with Crippen molar-refractivity contribution in [1.82, 2.24) is 0 Å². The largest absolute Gasteiger partial charge is 0.379 e. The van der Waals surface area contributed by atoms with Crippen LogP contribution in [0.25, 0.3) is 0 Å². The van der Waals surface area contributed by atoms with Crippen LogP contribution in [0.4, 0.5) is 0 Å². The average molecular weight is 256 g/mol. The van der Waals surface area contributed by atoms with E-state index in [1.807, 2.05) is 19.9 Å². The predicted octanol–water partition coefficient (Wildman–Crippen LogP) is 1.62. The zero-order valence-electron chi connectivity index (χ0n) is 10.2. The molecule has 0 saturated carbocycles. The highest BCUT2D eigenvalue weighted by Gasteiger charge is 2.39.